The first-order valence-electron chi connectivity index (χ1n) is 9.12. The first-order valence-corrected chi connectivity index (χ1v) is 9.12. The van der Waals surface area contributed by atoms with Gasteiger partial charge in [-0.2, -0.15) is 0 Å². The Morgan fingerprint density at radius 2 is 1.58 bits per heavy atom. The minimum atomic E-state index is -0.0339. The molecule has 1 amide bonds. The van der Waals surface area contributed by atoms with E-state index in [1.807, 2.05) is 36.2 Å². The molecular formula is C22H30N2O2. The number of ether oxygens (including phenoxy) is 1. The van der Waals surface area contributed by atoms with E-state index in [2.05, 4.69) is 51.2 Å². The van der Waals surface area contributed by atoms with Gasteiger partial charge in [0, 0.05) is 12.7 Å². The van der Waals surface area contributed by atoms with E-state index in [-0.39, 0.29) is 12.5 Å². The number of benzene rings is 2. The second-order valence-corrected chi connectivity index (χ2v) is 7.20. The summed E-state index contributed by atoms with van der Waals surface area (Å²) in [6.45, 7) is 8.85. The molecule has 4 heteroatoms. The molecule has 0 unspecified atom stereocenters. The molecule has 2 aromatic rings. The molecule has 0 fully saturated rings. The van der Waals surface area contributed by atoms with Crippen LogP contribution in [0.5, 0.6) is 5.75 Å². The molecule has 4 nitrogen and oxygen atoms in total. The number of rotatable bonds is 7. The summed E-state index contributed by atoms with van der Waals surface area (Å²) >= 11 is 0. The van der Waals surface area contributed by atoms with E-state index in [0.29, 0.717) is 11.8 Å². The molecule has 0 radical (unpaired) electrons. The lowest BCUT2D eigenvalue weighted by atomic mass is 9.92. The summed E-state index contributed by atoms with van der Waals surface area (Å²) in [5.74, 6) is 1.41. The largest absolute Gasteiger partial charge is 0.495 e. The van der Waals surface area contributed by atoms with E-state index >= 15 is 0 Å². The van der Waals surface area contributed by atoms with E-state index in [1.165, 1.54) is 11.1 Å². The third kappa shape index (κ3) is 4.57. The topological polar surface area (TPSA) is 41.6 Å². The first-order chi connectivity index (χ1) is 12.3. The molecular weight excluding hydrogens is 324 g/mol. The van der Waals surface area contributed by atoms with Gasteiger partial charge in [-0.3, -0.25) is 4.79 Å². The SMILES string of the molecule is COc1ccccc1N(C)CC(=O)Nc1c(C(C)C)cccc1C(C)C. The molecule has 2 rings (SSSR count). The second-order valence-electron chi connectivity index (χ2n) is 7.20. The molecule has 26 heavy (non-hydrogen) atoms. The quantitative estimate of drug-likeness (QED) is 0.759. The van der Waals surface area contributed by atoms with Crippen molar-refractivity contribution in [2.75, 3.05) is 30.9 Å². The highest BCUT2D eigenvalue weighted by Gasteiger charge is 2.17. The first kappa shape index (κ1) is 19.8. The third-order valence-electron chi connectivity index (χ3n) is 4.51. The van der Waals surface area contributed by atoms with Gasteiger partial charge in [0.05, 0.1) is 19.3 Å². The number of carbonyl (C=O) groups excluding carboxylic acids is 1. The Morgan fingerprint density at radius 3 is 2.12 bits per heavy atom. The van der Waals surface area contributed by atoms with Crippen LogP contribution in [0.1, 0.15) is 50.7 Å². The molecule has 0 aromatic heterocycles. The maximum Gasteiger partial charge on any atom is 0.243 e. The summed E-state index contributed by atoms with van der Waals surface area (Å²) in [5.41, 5.74) is 4.19. The lowest BCUT2D eigenvalue weighted by Crippen LogP contribution is -2.31. The standard InChI is InChI=1S/C22H30N2O2/c1-15(2)17-10-9-11-18(16(3)4)22(17)23-21(25)14-24(5)19-12-7-8-13-20(19)26-6/h7-13,15-16H,14H2,1-6H3,(H,23,25). The van der Waals surface area contributed by atoms with E-state index in [0.717, 1.165) is 17.1 Å². The lowest BCUT2D eigenvalue weighted by molar-refractivity contribution is -0.114. The van der Waals surface area contributed by atoms with E-state index in [9.17, 15) is 4.79 Å². The van der Waals surface area contributed by atoms with Crippen molar-refractivity contribution in [1.29, 1.82) is 0 Å². The van der Waals surface area contributed by atoms with Gasteiger partial charge in [0.25, 0.3) is 0 Å². The fourth-order valence-corrected chi connectivity index (χ4v) is 3.12. The number of para-hydroxylation sites is 3. The number of nitrogens with zero attached hydrogens (tertiary/aromatic N) is 1. The Kier molecular flexibility index (Phi) is 6.67. The van der Waals surface area contributed by atoms with Crippen molar-refractivity contribution >= 4 is 17.3 Å². The van der Waals surface area contributed by atoms with Crippen LogP contribution in [-0.4, -0.2) is 26.6 Å². The molecule has 1 N–H and O–H groups in total. The maximum atomic E-state index is 12.8. The second kappa shape index (κ2) is 8.75. The smallest absolute Gasteiger partial charge is 0.243 e. The number of anilines is 2. The zero-order valence-corrected chi connectivity index (χ0v) is 16.7. The van der Waals surface area contributed by atoms with Crippen molar-refractivity contribution < 1.29 is 9.53 Å². The van der Waals surface area contributed by atoms with Crippen LogP contribution < -0.4 is 15.0 Å². The van der Waals surface area contributed by atoms with Crippen LogP contribution in [0.2, 0.25) is 0 Å². The van der Waals surface area contributed by atoms with Crippen molar-refractivity contribution in [3.05, 3.63) is 53.6 Å². The van der Waals surface area contributed by atoms with E-state index in [4.69, 9.17) is 4.74 Å². The zero-order valence-electron chi connectivity index (χ0n) is 16.7. The Bertz CT molecular complexity index is 727. The molecule has 0 saturated carbocycles. The lowest BCUT2D eigenvalue weighted by Gasteiger charge is -2.23. The van der Waals surface area contributed by atoms with Crippen LogP contribution in [0.25, 0.3) is 0 Å². The van der Waals surface area contributed by atoms with Crippen LogP contribution >= 0.6 is 0 Å². The predicted molar refractivity (Wildman–Crippen MR) is 110 cm³/mol. The van der Waals surface area contributed by atoms with Crippen LogP contribution in [0, 0.1) is 0 Å². The average Bonchev–Trinajstić information content (AvgIpc) is 2.61. The van der Waals surface area contributed by atoms with E-state index in [1.54, 1.807) is 7.11 Å². The van der Waals surface area contributed by atoms with Crippen molar-refractivity contribution in [2.24, 2.45) is 0 Å². The van der Waals surface area contributed by atoms with Crippen LogP contribution in [0.3, 0.4) is 0 Å². The van der Waals surface area contributed by atoms with Crippen LogP contribution in [-0.2, 0) is 4.79 Å². The Hall–Kier alpha value is -2.49. The highest BCUT2D eigenvalue weighted by Crippen LogP contribution is 2.32. The Labute approximate surface area is 157 Å². The van der Waals surface area contributed by atoms with Crippen LogP contribution in [0.4, 0.5) is 11.4 Å². The summed E-state index contributed by atoms with van der Waals surface area (Å²) in [6.07, 6.45) is 0. The van der Waals surface area contributed by atoms with Gasteiger partial charge in [-0.05, 0) is 35.1 Å². The monoisotopic (exact) mass is 354 g/mol. The number of nitrogens with one attached hydrogen (secondary N) is 1. The predicted octanol–water partition coefficient (Wildman–Crippen LogP) is 5.02. The molecule has 0 atom stereocenters. The summed E-state index contributed by atoms with van der Waals surface area (Å²) < 4.78 is 5.39. The van der Waals surface area contributed by atoms with Gasteiger partial charge < -0.3 is 15.0 Å². The van der Waals surface area contributed by atoms with Gasteiger partial charge >= 0.3 is 0 Å². The molecule has 0 bridgehead atoms. The molecule has 0 spiro atoms. The van der Waals surface area contributed by atoms with E-state index < -0.39 is 0 Å². The van der Waals surface area contributed by atoms with Crippen molar-refractivity contribution in [1.82, 2.24) is 0 Å². The van der Waals surface area contributed by atoms with Gasteiger partial charge in [0.15, 0.2) is 0 Å². The summed E-state index contributed by atoms with van der Waals surface area (Å²) in [5, 5.41) is 3.16. The van der Waals surface area contributed by atoms with Gasteiger partial charge in [0.2, 0.25) is 5.91 Å². The number of hydrogen-bond donors (Lipinski definition) is 1. The van der Waals surface area contributed by atoms with Crippen molar-refractivity contribution in [2.45, 2.75) is 39.5 Å². The highest BCUT2D eigenvalue weighted by atomic mass is 16.5. The average molecular weight is 354 g/mol. The molecule has 140 valence electrons. The molecule has 0 aliphatic rings. The van der Waals surface area contributed by atoms with Crippen molar-refractivity contribution in [3.63, 3.8) is 0 Å². The molecule has 0 aliphatic carbocycles. The fourth-order valence-electron chi connectivity index (χ4n) is 3.12. The minimum absolute atomic E-state index is 0.0339. The Balaban J connectivity index is 2.22. The molecule has 0 saturated heterocycles. The number of likely N-dealkylation sites (N-methyl/N-ethyl adjacent to an activating group) is 1. The summed E-state index contributed by atoms with van der Waals surface area (Å²) in [4.78, 5) is 14.7. The Morgan fingerprint density at radius 1 is 1.00 bits per heavy atom. The zero-order chi connectivity index (χ0) is 19.3. The van der Waals surface area contributed by atoms with Gasteiger partial charge in [-0.15, -0.1) is 0 Å². The summed E-state index contributed by atoms with van der Waals surface area (Å²) in [6, 6.07) is 14.0. The normalized spacial score (nSPS) is 10.9. The third-order valence-corrected chi connectivity index (χ3v) is 4.51. The summed E-state index contributed by atoms with van der Waals surface area (Å²) in [7, 11) is 3.54. The highest BCUT2D eigenvalue weighted by molar-refractivity contribution is 5.95. The minimum Gasteiger partial charge on any atom is -0.495 e. The number of hydrogen-bond acceptors (Lipinski definition) is 3. The fraction of sp³-hybridized carbons (Fsp3) is 0.409. The number of methoxy groups -OCH3 is 1. The number of amides is 1. The van der Waals surface area contributed by atoms with Crippen LogP contribution in [0.15, 0.2) is 42.5 Å². The molecule has 0 aliphatic heterocycles. The van der Waals surface area contributed by atoms with Gasteiger partial charge in [-0.1, -0.05) is 58.0 Å². The van der Waals surface area contributed by atoms with Gasteiger partial charge in [0.1, 0.15) is 5.75 Å². The number of carbonyl (C=O) groups is 1. The maximum absolute atomic E-state index is 12.8. The van der Waals surface area contributed by atoms with Crippen molar-refractivity contribution in [3.8, 4) is 5.75 Å². The molecule has 0 heterocycles. The van der Waals surface area contributed by atoms with Gasteiger partial charge in [-0.25, -0.2) is 0 Å². The molecule has 2 aromatic carbocycles.